The predicted octanol–water partition coefficient (Wildman–Crippen LogP) is 4.33. The number of amides is 1. The van der Waals surface area contributed by atoms with Gasteiger partial charge in [0.25, 0.3) is 0 Å². The van der Waals surface area contributed by atoms with Crippen molar-refractivity contribution in [2.45, 2.75) is 62.4 Å². The van der Waals surface area contributed by atoms with Crippen molar-refractivity contribution in [1.29, 1.82) is 0 Å². The summed E-state index contributed by atoms with van der Waals surface area (Å²) < 4.78 is 42.3. The van der Waals surface area contributed by atoms with Crippen LogP contribution in [0.2, 0.25) is 0 Å². The van der Waals surface area contributed by atoms with E-state index in [1.807, 2.05) is 6.92 Å². The number of carbonyl (C=O) groups is 1. The number of sulfonamides is 1. The molecule has 2 aliphatic rings. The Labute approximate surface area is 183 Å². The lowest BCUT2D eigenvalue weighted by Crippen LogP contribution is -2.38. The summed E-state index contributed by atoms with van der Waals surface area (Å²) in [7, 11) is -3.72. The largest absolute Gasteiger partial charge is 0.356 e. The van der Waals surface area contributed by atoms with E-state index in [-0.39, 0.29) is 34.6 Å². The molecule has 166 valence electrons. The summed E-state index contributed by atoms with van der Waals surface area (Å²) >= 11 is 0. The summed E-state index contributed by atoms with van der Waals surface area (Å²) in [4.78, 5) is 12.1. The average Bonchev–Trinajstić information content (AvgIpc) is 3.51. The maximum absolute atomic E-state index is 13.6. The smallest absolute Gasteiger partial charge is 0.243 e. The van der Waals surface area contributed by atoms with Crippen LogP contribution in [0, 0.1) is 18.7 Å². The molecule has 4 rings (SSSR count). The van der Waals surface area contributed by atoms with Crippen LogP contribution in [0.15, 0.2) is 53.4 Å². The van der Waals surface area contributed by atoms with E-state index in [1.54, 1.807) is 40.7 Å². The van der Waals surface area contributed by atoms with E-state index in [0.29, 0.717) is 19.4 Å². The molecule has 2 atom stereocenters. The molecule has 0 aromatic heterocycles. The van der Waals surface area contributed by atoms with E-state index in [1.165, 1.54) is 12.1 Å². The molecule has 1 saturated carbocycles. The molecular weight excluding hydrogens is 415 g/mol. The normalized spacial score (nSPS) is 21.9. The van der Waals surface area contributed by atoms with Crippen molar-refractivity contribution in [3.05, 3.63) is 65.5 Å². The molecule has 2 fully saturated rings. The first-order valence-electron chi connectivity index (χ1n) is 11.0. The van der Waals surface area contributed by atoms with Crippen LogP contribution < -0.4 is 5.32 Å². The Bertz CT molecular complexity index is 1020. The lowest BCUT2D eigenvalue weighted by Gasteiger charge is -2.30. The summed E-state index contributed by atoms with van der Waals surface area (Å²) in [6, 6.07) is 12.6. The molecule has 1 saturated heterocycles. The van der Waals surface area contributed by atoms with Gasteiger partial charge in [0.1, 0.15) is 5.82 Å². The quantitative estimate of drug-likeness (QED) is 0.616. The topological polar surface area (TPSA) is 66.5 Å². The van der Waals surface area contributed by atoms with Gasteiger partial charge in [0.15, 0.2) is 0 Å². The fraction of sp³-hybridized carbons (Fsp3) is 0.458. The van der Waals surface area contributed by atoms with Crippen molar-refractivity contribution in [2.75, 3.05) is 6.54 Å². The third-order valence-corrected chi connectivity index (χ3v) is 8.23. The van der Waals surface area contributed by atoms with Crippen LogP contribution in [-0.4, -0.2) is 31.2 Å². The molecule has 0 bridgehead atoms. The van der Waals surface area contributed by atoms with Crippen molar-refractivity contribution >= 4 is 15.9 Å². The fourth-order valence-corrected chi connectivity index (χ4v) is 6.25. The highest BCUT2D eigenvalue weighted by molar-refractivity contribution is 7.89. The molecule has 31 heavy (non-hydrogen) atoms. The maximum Gasteiger partial charge on any atom is 0.243 e. The number of nitrogens with zero attached hydrogens (tertiary/aromatic N) is 1. The Morgan fingerprint density at radius 3 is 2.35 bits per heavy atom. The zero-order valence-electron chi connectivity index (χ0n) is 17.8. The molecule has 2 aromatic rings. The van der Waals surface area contributed by atoms with Gasteiger partial charge in [-0.3, -0.25) is 4.79 Å². The molecule has 2 aromatic carbocycles. The van der Waals surface area contributed by atoms with Gasteiger partial charge in [0.05, 0.1) is 10.9 Å². The van der Waals surface area contributed by atoms with E-state index >= 15 is 0 Å². The number of aryl methyl sites for hydroxylation is 1. The van der Waals surface area contributed by atoms with Crippen LogP contribution in [0.25, 0.3) is 0 Å². The second-order valence-corrected chi connectivity index (χ2v) is 10.5. The highest BCUT2D eigenvalue weighted by atomic mass is 32.2. The third-order valence-electron chi connectivity index (χ3n) is 6.25. The molecule has 7 heteroatoms. The zero-order valence-corrected chi connectivity index (χ0v) is 18.6. The summed E-state index contributed by atoms with van der Waals surface area (Å²) in [5, 5.41) is 2.96. The van der Waals surface area contributed by atoms with Gasteiger partial charge in [-0.25, -0.2) is 12.8 Å². The molecule has 1 amide bonds. The molecular formula is C24H29FN2O3S. The Morgan fingerprint density at radius 1 is 1.03 bits per heavy atom. The van der Waals surface area contributed by atoms with E-state index < -0.39 is 10.0 Å². The molecule has 0 spiro atoms. The van der Waals surface area contributed by atoms with Gasteiger partial charge < -0.3 is 5.32 Å². The molecule has 0 radical (unpaired) electrons. The number of carbonyl (C=O) groups excluding carboxylic acids is 1. The summed E-state index contributed by atoms with van der Waals surface area (Å²) in [6.45, 7) is 2.48. The van der Waals surface area contributed by atoms with Gasteiger partial charge in [-0.15, -0.1) is 0 Å². The Balaban J connectivity index is 1.54. The summed E-state index contributed by atoms with van der Waals surface area (Å²) in [6.07, 6.45) is 4.76. The second kappa shape index (κ2) is 9.09. The highest BCUT2D eigenvalue weighted by Gasteiger charge is 2.42. The second-order valence-electron chi connectivity index (χ2n) is 8.65. The highest BCUT2D eigenvalue weighted by Crippen LogP contribution is 2.42. The van der Waals surface area contributed by atoms with Gasteiger partial charge in [0.2, 0.25) is 15.9 Å². The van der Waals surface area contributed by atoms with Crippen LogP contribution in [0.1, 0.15) is 55.7 Å². The number of rotatable bonds is 8. The number of nitrogens with one attached hydrogen (secondary N) is 1. The van der Waals surface area contributed by atoms with Crippen molar-refractivity contribution < 1.29 is 17.6 Å². The predicted molar refractivity (Wildman–Crippen MR) is 117 cm³/mol. The van der Waals surface area contributed by atoms with Crippen LogP contribution >= 0.6 is 0 Å². The minimum atomic E-state index is -3.72. The monoisotopic (exact) mass is 444 g/mol. The standard InChI is InChI=1S/C24H29FN2O3S/c1-17-4-13-22(14-5-17)31(29,30)27-21(3-2-16-26-24(28)19-6-7-19)12-15-23(27)18-8-10-20(25)11-9-18/h4-5,8-11,13-14,19,21,23H,2-3,6-7,12,15-16H2,1H3,(H,26,28)/t21-,23-/m0/s1. The molecule has 1 heterocycles. The number of halogens is 1. The van der Waals surface area contributed by atoms with Gasteiger partial charge in [-0.1, -0.05) is 29.8 Å². The van der Waals surface area contributed by atoms with Crippen molar-refractivity contribution in [3.8, 4) is 0 Å². The number of benzene rings is 2. The van der Waals surface area contributed by atoms with E-state index in [0.717, 1.165) is 36.8 Å². The number of hydrogen-bond acceptors (Lipinski definition) is 3. The summed E-state index contributed by atoms with van der Waals surface area (Å²) in [5.74, 6) is -0.0508. The molecule has 1 aliphatic heterocycles. The Kier molecular flexibility index (Phi) is 6.44. The SMILES string of the molecule is Cc1ccc(S(=O)(=O)N2[C@@H](CCCNC(=O)C3CC3)CC[C@H]2c2ccc(F)cc2)cc1. The molecule has 0 unspecified atom stereocenters. The average molecular weight is 445 g/mol. The Morgan fingerprint density at radius 2 is 1.71 bits per heavy atom. The molecule has 1 aliphatic carbocycles. The fourth-order valence-electron chi connectivity index (χ4n) is 4.36. The van der Waals surface area contributed by atoms with Crippen LogP contribution in [0.5, 0.6) is 0 Å². The van der Waals surface area contributed by atoms with Crippen LogP contribution in [-0.2, 0) is 14.8 Å². The van der Waals surface area contributed by atoms with Crippen LogP contribution in [0.3, 0.4) is 0 Å². The van der Waals surface area contributed by atoms with E-state index in [9.17, 15) is 17.6 Å². The Hall–Kier alpha value is -2.25. The lowest BCUT2D eigenvalue weighted by atomic mass is 10.0. The zero-order chi connectivity index (χ0) is 22.0. The lowest BCUT2D eigenvalue weighted by molar-refractivity contribution is -0.122. The molecule has 5 nitrogen and oxygen atoms in total. The van der Waals surface area contributed by atoms with Crippen molar-refractivity contribution in [3.63, 3.8) is 0 Å². The maximum atomic E-state index is 13.6. The number of hydrogen-bond donors (Lipinski definition) is 1. The van der Waals surface area contributed by atoms with Gasteiger partial charge in [-0.05, 0) is 75.3 Å². The van der Waals surface area contributed by atoms with Crippen molar-refractivity contribution in [1.82, 2.24) is 9.62 Å². The first-order chi connectivity index (χ1) is 14.9. The van der Waals surface area contributed by atoms with Gasteiger partial charge in [0, 0.05) is 18.5 Å². The first kappa shape index (κ1) is 22.0. The minimum absolute atomic E-state index is 0.111. The third kappa shape index (κ3) is 4.99. The summed E-state index contributed by atoms with van der Waals surface area (Å²) in [5.41, 5.74) is 1.81. The first-order valence-corrected chi connectivity index (χ1v) is 12.4. The van der Waals surface area contributed by atoms with E-state index in [2.05, 4.69) is 5.32 Å². The van der Waals surface area contributed by atoms with Gasteiger partial charge >= 0.3 is 0 Å². The van der Waals surface area contributed by atoms with Gasteiger partial charge in [-0.2, -0.15) is 4.31 Å². The van der Waals surface area contributed by atoms with E-state index in [4.69, 9.17) is 0 Å². The van der Waals surface area contributed by atoms with Crippen molar-refractivity contribution in [2.24, 2.45) is 5.92 Å². The minimum Gasteiger partial charge on any atom is -0.356 e. The molecule has 1 N–H and O–H groups in total. The van der Waals surface area contributed by atoms with Crippen LogP contribution in [0.4, 0.5) is 4.39 Å².